The summed E-state index contributed by atoms with van der Waals surface area (Å²) in [6.07, 6.45) is 9.06. The molecule has 0 saturated heterocycles. The second-order valence-electron chi connectivity index (χ2n) is 5.66. The van der Waals surface area contributed by atoms with Crippen LogP contribution in [0.4, 0.5) is 0 Å². The first-order valence-corrected chi connectivity index (χ1v) is 9.23. The van der Waals surface area contributed by atoms with Gasteiger partial charge in [-0.2, -0.15) is 0 Å². The molecule has 2 heterocycles. The lowest BCUT2D eigenvalue weighted by Gasteiger charge is -2.12. The average Bonchev–Trinajstić information content (AvgIpc) is 3.17. The number of hydrogen-bond acceptors (Lipinski definition) is 5. The van der Waals surface area contributed by atoms with E-state index in [-0.39, 0.29) is 4.90 Å². The van der Waals surface area contributed by atoms with Crippen molar-refractivity contribution in [1.29, 1.82) is 0 Å². The smallest absolute Gasteiger partial charge is 0.244 e. The molecule has 1 aliphatic carbocycles. The Morgan fingerprint density at radius 3 is 2.87 bits per heavy atom. The highest BCUT2D eigenvalue weighted by Crippen LogP contribution is 2.28. The van der Waals surface area contributed by atoms with Gasteiger partial charge in [0.25, 0.3) is 0 Å². The molecule has 7 heteroatoms. The van der Waals surface area contributed by atoms with Crippen molar-refractivity contribution in [3.63, 3.8) is 0 Å². The minimum Gasteiger partial charge on any atom is -0.457 e. The van der Waals surface area contributed by atoms with Gasteiger partial charge in [-0.1, -0.05) is 16.8 Å². The van der Waals surface area contributed by atoms with Gasteiger partial charge in [0, 0.05) is 18.7 Å². The number of rotatable bonds is 6. The van der Waals surface area contributed by atoms with Crippen molar-refractivity contribution in [1.82, 2.24) is 9.88 Å². The van der Waals surface area contributed by atoms with Crippen LogP contribution >= 0.6 is 0 Å². The molecule has 0 saturated carbocycles. The normalized spacial score (nSPS) is 15.6. The van der Waals surface area contributed by atoms with E-state index in [1.807, 2.05) is 0 Å². The molecule has 0 bridgehead atoms. The summed E-state index contributed by atoms with van der Waals surface area (Å²) in [6.45, 7) is 2.02. The molecule has 2 aromatic rings. The summed E-state index contributed by atoms with van der Waals surface area (Å²) >= 11 is 0. The van der Waals surface area contributed by atoms with Crippen LogP contribution in [0.2, 0.25) is 0 Å². The molecule has 2 aromatic heterocycles. The van der Waals surface area contributed by atoms with Gasteiger partial charge in [-0.05, 0) is 39.0 Å². The van der Waals surface area contributed by atoms with Crippen LogP contribution in [0, 0.1) is 6.92 Å². The van der Waals surface area contributed by atoms with Crippen molar-refractivity contribution in [2.45, 2.75) is 43.9 Å². The topological polar surface area (TPSA) is 85.3 Å². The Kier molecular flexibility index (Phi) is 4.68. The van der Waals surface area contributed by atoms with Crippen molar-refractivity contribution < 1.29 is 17.4 Å². The van der Waals surface area contributed by atoms with Crippen LogP contribution in [0.25, 0.3) is 11.5 Å². The van der Waals surface area contributed by atoms with Gasteiger partial charge in [-0.3, -0.25) is 0 Å². The maximum atomic E-state index is 12.4. The summed E-state index contributed by atoms with van der Waals surface area (Å²) in [5, 5.41) is 3.59. The predicted octanol–water partition coefficient (Wildman–Crippen LogP) is 3.41. The third-order valence-electron chi connectivity index (χ3n) is 3.97. The standard InChI is InChI=1S/C16H20N2O4S/c1-12-16(11-15(21-12)14-8-9-17-22-14)23(19,20)18-10-7-13-5-3-2-4-6-13/h5,8-9,11,18H,2-4,6-7,10H2,1H3. The number of aryl methyl sites for hydroxylation is 1. The predicted molar refractivity (Wildman–Crippen MR) is 85.3 cm³/mol. The van der Waals surface area contributed by atoms with E-state index in [0.717, 1.165) is 19.3 Å². The van der Waals surface area contributed by atoms with Gasteiger partial charge < -0.3 is 8.94 Å². The van der Waals surface area contributed by atoms with E-state index in [9.17, 15) is 8.42 Å². The molecular formula is C16H20N2O4S. The van der Waals surface area contributed by atoms with Gasteiger partial charge >= 0.3 is 0 Å². The molecule has 0 atom stereocenters. The number of nitrogens with one attached hydrogen (secondary N) is 1. The van der Waals surface area contributed by atoms with Crippen LogP contribution in [0.5, 0.6) is 0 Å². The van der Waals surface area contributed by atoms with E-state index < -0.39 is 10.0 Å². The molecule has 124 valence electrons. The summed E-state index contributed by atoms with van der Waals surface area (Å²) in [7, 11) is -3.60. The summed E-state index contributed by atoms with van der Waals surface area (Å²) in [5.41, 5.74) is 1.34. The van der Waals surface area contributed by atoms with Crippen molar-refractivity contribution in [3.05, 3.63) is 35.7 Å². The third kappa shape index (κ3) is 3.73. The van der Waals surface area contributed by atoms with Crippen LogP contribution in [0.3, 0.4) is 0 Å². The van der Waals surface area contributed by atoms with Crippen LogP contribution in [0.1, 0.15) is 37.9 Å². The van der Waals surface area contributed by atoms with Gasteiger partial charge in [-0.15, -0.1) is 0 Å². The second-order valence-corrected chi connectivity index (χ2v) is 7.40. The molecule has 23 heavy (non-hydrogen) atoms. The summed E-state index contributed by atoms with van der Waals surface area (Å²) in [5.74, 6) is 1.10. The highest BCUT2D eigenvalue weighted by atomic mass is 32.2. The fraction of sp³-hybridized carbons (Fsp3) is 0.438. The molecular weight excluding hydrogens is 316 g/mol. The van der Waals surface area contributed by atoms with E-state index >= 15 is 0 Å². The molecule has 0 unspecified atom stereocenters. The molecule has 0 spiro atoms. The molecule has 3 rings (SSSR count). The quantitative estimate of drug-likeness (QED) is 0.817. The Bertz CT molecular complexity index is 788. The lowest BCUT2D eigenvalue weighted by Crippen LogP contribution is -2.25. The first kappa shape index (κ1) is 16.0. The lowest BCUT2D eigenvalue weighted by atomic mass is 9.97. The molecule has 0 fully saturated rings. The lowest BCUT2D eigenvalue weighted by molar-refractivity contribution is 0.414. The van der Waals surface area contributed by atoms with Gasteiger partial charge in [0.15, 0.2) is 5.76 Å². The minimum absolute atomic E-state index is 0.140. The van der Waals surface area contributed by atoms with Crippen LogP contribution in [0.15, 0.2) is 43.8 Å². The Labute approximate surface area is 135 Å². The highest BCUT2D eigenvalue weighted by molar-refractivity contribution is 7.89. The average molecular weight is 336 g/mol. The maximum Gasteiger partial charge on any atom is 0.244 e. The van der Waals surface area contributed by atoms with Gasteiger partial charge in [0.05, 0.1) is 6.20 Å². The Morgan fingerprint density at radius 2 is 2.17 bits per heavy atom. The Hall–Kier alpha value is -1.86. The van der Waals surface area contributed by atoms with Gasteiger partial charge in [0.1, 0.15) is 10.7 Å². The van der Waals surface area contributed by atoms with E-state index in [2.05, 4.69) is 16.0 Å². The van der Waals surface area contributed by atoms with E-state index in [4.69, 9.17) is 8.94 Å². The molecule has 1 aliphatic rings. The number of sulfonamides is 1. The van der Waals surface area contributed by atoms with Crippen LogP contribution < -0.4 is 4.72 Å². The van der Waals surface area contributed by atoms with E-state index in [1.54, 1.807) is 13.0 Å². The minimum atomic E-state index is -3.60. The first-order chi connectivity index (χ1) is 11.1. The van der Waals surface area contributed by atoms with Crippen molar-refractivity contribution in [3.8, 4) is 11.5 Å². The molecule has 0 aromatic carbocycles. The fourth-order valence-corrected chi connectivity index (χ4v) is 3.96. The zero-order valence-electron chi connectivity index (χ0n) is 13.0. The van der Waals surface area contributed by atoms with Crippen molar-refractivity contribution in [2.24, 2.45) is 0 Å². The monoisotopic (exact) mass is 336 g/mol. The zero-order valence-corrected chi connectivity index (χ0v) is 13.9. The molecule has 6 nitrogen and oxygen atoms in total. The summed E-state index contributed by atoms with van der Waals surface area (Å²) in [4.78, 5) is 0.140. The van der Waals surface area contributed by atoms with Crippen molar-refractivity contribution >= 4 is 10.0 Å². The number of nitrogens with zero attached hydrogens (tertiary/aromatic N) is 1. The third-order valence-corrected chi connectivity index (χ3v) is 5.53. The second kappa shape index (κ2) is 6.72. The fourth-order valence-electron chi connectivity index (χ4n) is 2.75. The number of furan rings is 1. The van der Waals surface area contributed by atoms with Gasteiger partial charge in [0.2, 0.25) is 15.8 Å². The van der Waals surface area contributed by atoms with E-state index in [1.165, 1.54) is 30.7 Å². The molecule has 0 aliphatic heterocycles. The zero-order chi connectivity index (χ0) is 16.3. The Balaban J connectivity index is 1.68. The van der Waals surface area contributed by atoms with E-state index in [0.29, 0.717) is 23.8 Å². The molecule has 0 amide bonds. The highest BCUT2D eigenvalue weighted by Gasteiger charge is 2.22. The molecule has 1 N–H and O–H groups in total. The largest absolute Gasteiger partial charge is 0.457 e. The van der Waals surface area contributed by atoms with Gasteiger partial charge in [-0.25, -0.2) is 13.1 Å². The number of aromatic nitrogens is 1. The Morgan fingerprint density at radius 1 is 1.30 bits per heavy atom. The maximum absolute atomic E-state index is 12.4. The van der Waals surface area contributed by atoms with Crippen molar-refractivity contribution in [2.75, 3.05) is 6.54 Å². The first-order valence-electron chi connectivity index (χ1n) is 7.75. The summed E-state index contributed by atoms with van der Waals surface area (Å²) < 4.78 is 38.0. The SMILES string of the molecule is Cc1oc(-c2ccno2)cc1S(=O)(=O)NCCC1=CCCCC1. The molecule has 0 radical (unpaired) electrons. The number of allylic oxidation sites excluding steroid dienone is 1. The van der Waals surface area contributed by atoms with Crippen LogP contribution in [-0.2, 0) is 10.0 Å². The number of hydrogen-bond donors (Lipinski definition) is 1. The summed E-state index contributed by atoms with van der Waals surface area (Å²) in [6, 6.07) is 3.09. The van der Waals surface area contributed by atoms with Crippen LogP contribution in [-0.4, -0.2) is 20.1 Å².